The maximum absolute atomic E-state index is 6.65. The molecule has 59 heavy (non-hydrogen) atoms. The summed E-state index contributed by atoms with van der Waals surface area (Å²) in [7, 11) is 0. The number of pyridine rings is 1. The molecule has 0 atom stereocenters. The Balaban J connectivity index is 0.987. The molecule has 5 heteroatoms. The lowest BCUT2D eigenvalue weighted by Gasteiger charge is -2.25. The Morgan fingerprint density at radius 1 is 0.593 bits per heavy atom. The van der Waals surface area contributed by atoms with Crippen LogP contribution in [0.2, 0.25) is 0 Å². The largest absolute Gasteiger partial charge is 0.458 e. The van der Waals surface area contributed by atoms with Gasteiger partial charge in [0, 0.05) is 35.4 Å². The van der Waals surface area contributed by atoms with E-state index in [-0.39, 0.29) is 5.41 Å². The summed E-state index contributed by atoms with van der Waals surface area (Å²) in [6.45, 7) is 4.61. The number of hydrogen-bond acceptors (Lipinski definition) is 2. The van der Waals surface area contributed by atoms with Crippen LogP contribution in [0, 0.1) is 6.33 Å². The highest BCUT2D eigenvalue weighted by Gasteiger charge is 2.22. The van der Waals surface area contributed by atoms with Crippen molar-refractivity contribution in [2.75, 3.05) is 0 Å². The zero-order valence-corrected chi connectivity index (χ0v) is 33.0. The molecule has 0 spiro atoms. The third kappa shape index (κ3) is 6.98. The van der Waals surface area contributed by atoms with Crippen molar-refractivity contribution in [3.63, 3.8) is 0 Å². The molecular weight excluding hydrogens is 721 g/mol. The van der Waals surface area contributed by atoms with Gasteiger partial charge in [-0.15, -0.1) is 0 Å². The zero-order valence-electron chi connectivity index (χ0n) is 33.0. The van der Waals surface area contributed by atoms with E-state index in [9.17, 15) is 0 Å². The van der Waals surface area contributed by atoms with Gasteiger partial charge in [-0.2, -0.15) is 0 Å². The third-order valence-corrected chi connectivity index (χ3v) is 11.2. The highest BCUT2D eigenvalue weighted by molar-refractivity contribution is 6.09. The van der Waals surface area contributed by atoms with E-state index in [4.69, 9.17) is 9.72 Å². The van der Waals surface area contributed by atoms with Crippen molar-refractivity contribution in [2.45, 2.75) is 25.7 Å². The molecule has 10 aromatic rings. The zero-order chi connectivity index (χ0) is 39.8. The molecule has 3 heterocycles. The first-order valence-corrected chi connectivity index (χ1v) is 20.1. The van der Waals surface area contributed by atoms with Gasteiger partial charge in [-0.3, -0.25) is 13.7 Å². The molecule has 0 amide bonds. The number of aromatic nitrogens is 4. The van der Waals surface area contributed by atoms with Crippen LogP contribution in [-0.2, 0) is 11.8 Å². The summed E-state index contributed by atoms with van der Waals surface area (Å²) in [5, 5.41) is 2.32. The molecule has 3 aromatic heterocycles. The normalized spacial score (nSPS) is 11.6. The van der Waals surface area contributed by atoms with Crippen molar-refractivity contribution >= 4 is 21.8 Å². The second kappa shape index (κ2) is 15.1. The minimum absolute atomic E-state index is 0.0350. The molecule has 0 fully saturated rings. The number of imidazole rings is 1. The molecular formula is C54H42N4O. The summed E-state index contributed by atoms with van der Waals surface area (Å²) in [4.78, 5) is 4.93. The Morgan fingerprint density at radius 2 is 1.24 bits per heavy atom. The summed E-state index contributed by atoms with van der Waals surface area (Å²) >= 11 is 0. The van der Waals surface area contributed by atoms with Crippen LogP contribution in [0.1, 0.15) is 25.0 Å². The number of para-hydroxylation sites is 2. The predicted octanol–water partition coefficient (Wildman–Crippen LogP) is 12.7. The summed E-state index contributed by atoms with van der Waals surface area (Å²) in [6, 6.07) is 65.7. The SMILES string of the molecule is CC(C)(Cc1ccnc(-n2c3ccccc3c3ccc(Oc4cccc(-n5[c-][n+](-c6c(-c7ccccc7)cccc6-c6ccccc6)cc5)c4)cc32)c1)c1ccccc1. The van der Waals surface area contributed by atoms with E-state index >= 15 is 0 Å². The number of ether oxygens (including phenoxy) is 1. The number of rotatable bonds is 10. The van der Waals surface area contributed by atoms with E-state index in [0.29, 0.717) is 0 Å². The van der Waals surface area contributed by atoms with Crippen LogP contribution < -0.4 is 9.30 Å². The van der Waals surface area contributed by atoms with Gasteiger partial charge in [-0.25, -0.2) is 4.98 Å². The minimum atomic E-state index is -0.0350. The summed E-state index contributed by atoms with van der Waals surface area (Å²) < 4.78 is 13.0. The topological polar surface area (TPSA) is 35.9 Å². The van der Waals surface area contributed by atoms with Crippen molar-refractivity contribution < 1.29 is 9.30 Å². The smallest absolute Gasteiger partial charge is 0.268 e. The number of benzene rings is 7. The van der Waals surface area contributed by atoms with Gasteiger partial charge in [-0.1, -0.05) is 147 Å². The molecule has 0 bridgehead atoms. The molecule has 0 aliphatic rings. The van der Waals surface area contributed by atoms with E-state index in [1.54, 1.807) is 0 Å². The van der Waals surface area contributed by atoms with Gasteiger partial charge in [0.1, 0.15) is 17.3 Å². The molecule has 7 aromatic carbocycles. The second-order valence-corrected chi connectivity index (χ2v) is 15.7. The lowest BCUT2D eigenvalue weighted by molar-refractivity contribution is -0.598. The van der Waals surface area contributed by atoms with Gasteiger partial charge in [0.15, 0.2) is 0 Å². The lowest BCUT2D eigenvalue weighted by Crippen LogP contribution is -2.30. The fourth-order valence-electron chi connectivity index (χ4n) is 8.38. The van der Waals surface area contributed by atoms with Crippen LogP contribution in [0.5, 0.6) is 11.5 Å². The molecule has 0 N–H and O–H groups in total. The van der Waals surface area contributed by atoms with Gasteiger partial charge < -0.3 is 4.74 Å². The fraction of sp³-hybridized carbons (Fsp3) is 0.0741. The molecule has 0 saturated carbocycles. The van der Waals surface area contributed by atoms with Gasteiger partial charge >= 0.3 is 0 Å². The van der Waals surface area contributed by atoms with Crippen LogP contribution in [0.3, 0.4) is 0 Å². The van der Waals surface area contributed by atoms with Crippen LogP contribution in [0.4, 0.5) is 0 Å². The molecule has 0 radical (unpaired) electrons. The Labute approximate surface area is 344 Å². The second-order valence-electron chi connectivity index (χ2n) is 15.7. The van der Waals surface area contributed by atoms with Crippen LogP contribution in [0.15, 0.2) is 207 Å². The van der Waals surface area contributed by atoms with E-state index in [0.717, 1.165) is 73.8 Å². The third-order valence-electron chi connectivity index (χ3n) is 11.2. The van der Waals surface area contributed by atoms with E-state index in [2.05, 4.69) is 211 Å². The Morgan fingerprint density at radius 3 is 1.98 bits per heavy atom. The molecule has 0 unspecified atom stereocenters. The molecule has 0 aliphatic heterocycles. The monoisotopic (exact) mass is 762 g/mol. The predicted molar refractivity (Wildman–Crippen MR) is 239 cm³/mol. The van der Waals surface area contributed by atoms with Gasteiger partial charge in [0.2, 0.25) is 0 Å². The molecule has 0 saturated heterocycles. The van der Waals surface area contributed by atoms with Crippen LogP contribution in [-0.4, -0.2) is 14.1 Å². The molecule has 5 nitrogen and oxygen atoms in total. The van der Waals surface area contributed by atoms with E-state index in [1.165, 1.54) is 16.5 Å². The minimum Gasteiger partial charge on any atom is -0.458 e. The highest BCUT2D eigenvalue weighted by Crippen LogP contribution is 2.37. The van der Waals surface area contributed by atoms with Crippen molar-refractivity contribution in [1.82, 2.24) is 14.1 Å². The number of hydrogen-bond donors (Lipinski definition) is 0. The quantitative estimate of drug-likeness (QED) is 0.103. The van der Waals surface area contributed by atoms with Crippen LogP contribution in [0.25, 0.3) is 61.3 Å². The maximum atomic E-state index is 6.65. The highest BCUT2D eigenvalue weighted by atomic mass is 16.5. The number of nitrogens with zero attached hydrogens (tertiary/aromatic N) is 4. The summed E-state index contributed by atoms with van der Waals surface area (Å²) in [6.07, 6.45) is 10.6. The van der Waals surface area contributed by atoms with Crippen molar-refractivity contribution in [1.29, 1.82) is 0 Å². The van der Waals surface area contributed by atoms with Crippen molar-refractivity contribution in [3.05, 3.63) is 224 Å². The Hall–Kier alpha value is -7.50. The Kier molecular flexibility index (Phi) is 9.19. The lowest BCUT2D eigenvalue weighted by atomic mass is 9.79. The maximum Gasteiger partial charge on any atom is 0.268 e. The van der Waals surface area contributed by atoms with Crippen molar-refractivity contribution in [3.8, 4) is 50.9 Å². The first-order chi connectivity index (χ1) is 29.0. The standard InChI is InChI=1S/C54H42N4O/c1-54(2,42-20-10-5-11-21-42)37-39-30-31-55-52(34-39)58-50-27-13-12-24-48(50)49-29-28-45(36-51(49)58)59-44-23-14-22-43(35-44)56-32-33-57(38-56)53-46(40-16-6-3-7-17-40)25-15-26-47(53)41-18-8-4-9-19-41/h3-36H,37H2,1-2H3. The van der Waals surface area contributed by atoms with Crippen LogP contribution >= 0.6 is 0 Å². The molecule has 0 aliphatic carbocycles. The first kappa shape index (κ1) is 35.9. The van der Waals surface area contributed by atoms with Gasteiger partial charge in [0.25, 0.3) is 6.33 Å². The van der Waals surface area contributed by atoms with E-state index in [1.807, 2.05) is 29.1 Å². The van der Waals surface area contributed by atoms with Gasteiger partial charge in [-0.05, 0) is 93.7 Å². The first-order valence-electron chi connectivity index (χ1n) is 20.1. The van der Waals surface area contributed by atoms with E-state index < -0.39 is 0 Å². The molecule has 10 rings (SSSR count). The summed E-state index contributed by atoms with van der Waals surface area (Å²) in [5.74, 6) is 2.37. The summed E-state index contributed by atoms with van der Waals surface area (Å²) in [5.41, 5.74) is 11.2. The fourth-order valence-corrected chi connectivity index (χ4v) is 8.38. The molecule has 284 valence electrons. The Bertz CT molecular complexity index is 3010. The number of fused-ring (bicyclic) bond motifs is 3. The van der Waals surface area contributed by atoms with Crippen molar-refractivity contribution in [2.24, 2.45) is 0 Å². The van der Waals surface area contributed by atoms with Gasteiger partial charge in [0.05, 0.1) is 22.4 Å². The average Bonchev–Trinajstić information content (AvgIpc) is 3.91. The average molecular weight is 763 g/mol.